The van der Waals surface area contributed by atoms with Crippen LogP contribution in [-0.4, -0.2) is 24.0 Å². The molecule has 0 spiro atoms. The van der Waals surface area contributed by atoms with E-state index in [4.69, 9.17) is 0 Å². The molecule has 81 valence electrons. The Kier molecular flexibility index (Phi) is 4.84. The second-order valence-electron chi connectivity index (χ2n) is 3.36. The molecule has 0 saturated heterocycles. The molecule has 1 aromatic carbocycles. The molecular weight excluding hydrogens is 190 g/mol. The Hall–Kier alpha value is -1.35. The third kappa shape index (κ3) is 3.72. The first-order valence-corrected chi connectivity index (χ1v) is 5.17. The predicted octanol–water partition coefficient (Wildman–Crippen LogP) is 1.86. The van der Waals surface area contributed by atoms with Crippen LogP contribution in [-0.2, 0) is 16.4 Å². The van der Waals surface area contributed by atoms with E-state index in [0.717, 1.165) is 5.56 Å². The Morgan fingerprint density at radius 3 is 2.47 bits per heavy atom. The van der Waals surface area contributed by atoms with Crippen molar-refractivity contribution in [3.63, 3.8) is 0 Å². The van der Waals surface area contributed by atoms with E-state index in [1.54, 1.807) is 4.90 Å². The van der Waals surface area contributed by atoms with E-state index in [1.807, 2.05) is 37.3 Å². The Labute approximate surface area is 90.3 Å². The standard InChI is InChI=1S/C12H16NO2/c1-2-12(15)13(8-9-14)10-11-6-4-3-5-7-11/h3-7H,2,8-10H2,1H3. The number of nitrogens with zero attached hydrogens (tertiary/aromatic N) is 1. The quantitative estimate of drug-likeness (QED) is 0.724. The van der Waals surface area contributed by atoms with Gasteiger partial charge in [0.15, 0.2) is 0 Å². The van der Waals surface area contributed by atoms with E-state index >= 15 is 0 Å². The normalized spacial score (nSPS) is 10.0. The van der Waals surface area contributed by atoms with Gasteiger partial charge in [-0.2, -0.15) is 0 Å². The summed E-state index contributed by atoms with van der Waals surface area (Å²) in [6.45, 7) is 2.40. The topological polar surface area (TPSA) is 40.2 Å². The number of benzene rings is 1. The molecule has 0 aliphatic heterocycles. The number of hydrogen-bond donors (Lipinski definition) is 0. The summed E-state index contributed by atoms with van der Waals surface area (Å²) in [5.41, 5.74) is 1.06. The highest BCUT2D eigenvalue weighted by Crippen LogP contribution is 2.05. The second kappa shape index (κ2) is 6.19. The summed E-state index contributed by atoms with van der Waals surface area (Å²) in [6.07, 6.45) is 0.451. The van der Waals surface area contributed by atoms with Crippen molar-refractivity contribution in [3.8, 4) is 0 Å². The zero-order valence-electron chi connectivity index (χ0n) is 8.98. The van der Waals surface area contributed by atoms with E-state index in [1.165, 1.54) is 0 Å². The van der Waals surface area contributed by atoms with E-state index < -0.39 is 0 Å². The zero-order chi connectivity index (χ0) is 11.1. The molecule has 15 heavy (non-hydrogen) atoms. The molecule has 3 nitrogen and oxygen atoms in total. The van der Waals surface area contributed by atoms with Crippen molar-refractivity contribution in [3.05, 3.63) is 35.9 Å². The monoisotopic (exact) mass is 206 g/mol. The van der Waals surface area contributed by atoms with Gasteiger partial charge in [-0.05, 0) is 5.56 Å². The summed E-state index contributed by atoms with van der Waals surface area (Å²) < 4.78 is 0. The molecule has 1 aromatic rings. The van der Waals surface area contributed by atoms with Gasteiger partial charge < -0.3 is 4.90 Å². The number of carbonyl (C=O) groups excluding carboxylic acids is 1. The van der Waals surface area contributed by atoms with Crippen molar-refractivity contribution in [2.45, 2.75) is 19.9 Å². The lowest BCUT2D eigenvalue weighted by atomic mass is 10.2. The van der Waals surface area contributed by atoms with E-state index in [2.05, 4.69) is 0 Å². The Bertz CT molecular complexity index is 298. The highest BCUT2D eigenvalue weighted by Gasteiger charge is 2.10. The first kappa shape index (κ1) is 11.7. The number of rotatable bonds is 5. The first-order chi connectivity index (χ1) is 7.27. The van der Waals surface area contributed by atoms with Crippen molar-refractivity contribution in [2.24, 2.45) is 0 Å². The van der Waals surface area contributed by atoms with Gasteiger partial charge in [0.1, 0.15) is 0 Å². The second-order valence-corrected chi connectivity index (χ2v) is 3.36. The van der Waals surface area contributed by atoms with Gasteiger partial charge in [0.05, 0.1) is 6.61 Å². The van der Waals surface area contributed by atoms with E-state index in [0.29, 0.717) is 19.5 Å². The summed E-state index contributed by atoms with van der Waals surface area (Å²) in [4.78, 5) is 13.1. The minimum Gasteiger partial charge on any atom is -0.336 e. The molecule has 0 aromatic heterocycles. The average molecular weight is 206 g/mol. The molecule has 0 heterocycles. The Morgan fingerprint density at radius 2 is 1.93 bits per heavy atom. The van der Waals surface area contributed by atoms with Gasteiger partial charge in [-0.3, -0.25) is 4.79 Å². The first-order valence-electron chi connectivity index (χ1n) is 5.17. The lowest BCUT2D eigenvalue weighted by molar-refractivity contribution is -0.132. The van der Waals surface area contributed by atoms with Crippen LogP contribution in [0.3, 0.4) is 0 Å². The molecule has 1 rings (SSSR count). The van der Waals surface area contributed by atoms with Crippen LogP contribution in [0, 0.1) is 0 Å². The lowest BCUT2D eigenvalue weighted by Gasteiger charge is -2.20. The maximum Gasteiger partial charge on any atom is 0.222 e. The fourth-order valence-corrected chi connectivity index (χ4v) is 1.43. The molecule has 0 unspecified atom stereocenters. The summed E-state index contributed by atoms with van der Waals surface area (Å²) in [5, 5.41) is 10.6. The fraction of sp³-hybridized carbons (Fsp3) is 0.417. The van der Waals surface area contributed by atoms with Gasteiger partial charge in [0, 0.05) is 19.5 Å². The number of amides is 1. The molecule has 0 aliphatic rings. The zero-order valence-corrected chi connectivity index (χ0v) is 8.98. The average Bonchev–Trinajstić information content (AvgIpc) is 2.29. The van der Waals surface area contributed by atoms with Crippen molar-refractivity contribution in [1.82, 2.24) is 4.90 Å². The summed E-state index contributed by atoms with van der Waals surface area (Å²) >= 11 is 0. The highest BCUT2D eigenvalue weighted by molar-refractivity contribution is 5.75. The number of hydrogen-bond acceptors (Lipinski definition) is 1. The van der Waals surface area contributed by atoms with Gasteiger partial charge in [-0.25, -0.2) is 5.11 Å². The van der Waals surface area contributed by atoms with Gasteiger partial charge in [0.25, 0.3) is 0 Å². The Morgan fingerprint density at radius 1 is 1.27 bits per heavy atom. The molecule has 0 aliphatic carbocycles. The fourth-order valence-electron chi connectivity index (χ4n) is 1.43. The third-order valence-electron chi connectivity index (χ3n) is 2.23. The third-order valence-corrected chi connectivity index (χ3v) is 2.23. The van der Waals surface area contributed by atoms with Crippen LogP contribution in [0.5, 0.6) is 0 Å². The smallest absolute Gasteiger partial charge is 0.222 e. The van der Waals surface area contributed by atoms with Crippen molar-refractivity contribution < 1.29 is 9.90 Å². The summed E-state index contributed by atoms with van der Waals surface area (Å²) in [6, 6.07) is 9.72. The molecule has 0 N–H and O–H groups in total. The largest absolute Gasteiger partial charge is 0.336 e. The van der Waals surface area contributed by atoms with Gasteiger partial charge in [-0.15, -0.1) is 0 Å². The molecule has 0 atom stereocenters. The van der Waals surface area contributed by atoms with Crippen LogP contribution < -0.4 is 0 Å². The van der Waals surface area contributed by atoms with Gasteiger partial charge >= 0.3 is 0 Å². The van der Waals surface area contributed by atoms with E-state index in [9.17, 15) is 9.90 Å². The molecule has 1 radical (unpaired) electrons. The molecule has 0 bridgehead atoms. The van der Waals surface area contributed by atoms with Crippen LogP contribution in [0.2, 0.25) is 0 Å². The molecule has 0 saturated carbocycles. The molecule has 3 heteroatoms. The van der Waals surface area contributed by atoms with Crippen molar-refractivity contribution >= 4 is 5.91 Å². The van der Waals surface area contributed by atoms with Gasteiger partial charge in [0.2, 0.25) is 5.91 Å². The SMILES string of the molecule is CCC(=O)N(CC[O])Cc1ccccc1. The van der Waals surface area contributed by atoms with Crippen molar-refractivity contribution in [1.29, 1.82) is 0 Å². The summed E-state index contributed by atoms with van der Waals surface area (Å²) in [5.74, 6) is 0.0368. The highest BCUT2D eigenvalue weighted by atomic mass is 16.3. The van der Waals surface area contributed by atoms with Crippen LogP contribution in [0.4, 0.5) is 0 Å². The van der Waals surface area contributed by atoms with Crippen molar-refractivity contribution in [2.75, 3.05) is 13.2 Å². The minimum atomic E-state index is -0.238. The predicted molar refractivity (Wildman–Crippen MR) is 57.7 cm³/mol. The van der Waals surface area contributed by atoms with Crippen LogP contribution in [0.25, 0.3) is 0 Å². The Balaban J connectivity index is 2.62. The van der Waals surface area contributed by atoms with Crippen LogP contribution >= 0.6 is 0 Å². The maximum atomic E-state index is 11.5. The van der Waals surface area contributed by atoms with Gasteiger partial charge in [-0.1, -0.05) is 37.3 Å². The molecular formula is C12H16NO2. The van der Waals surface area contributed by atoms with Crippen LogP contribution in [0.15, 0.2) is 30.3 Å². The minimum absolute atomic E-state index is 0.0368. The molecule has 0 fully saturated rings. The lowest BCUT2D eigenvalue weighted by Crippen LogP contribution is -2.32. The maximum absolute atomic E-state index is 11.5. The summed E-state index contributed by atoms with van der Waals surface area (Å²) in [7, 11) is 0. The number of carbonyl (C=O) groups is 1. The van der Waals surface area contributed by atoms with E-state index in [-0.39, 0.29) is 12.5 Å². The van der Waals surface area contributed by atoms with Crippen LogP contribution in [0.1, 0.15) is 18.9 Å². The molecule has 1 amide bonds.